The van der Waals surface area contributed by atoms with Crippen LogP contribution in [0.4, 0.5) is 5.69 Å². The van der Waals surface area contributed by atoms with Crippen molar-refractivity contribution in [3.05, 3.63) is 68.5 Å². The van der Waals surface area contributed by atoms with E-state index in [1.165, 1.54) is 12.1 Å². The summed E-state index contributed by atoms with van der Waals surface area (Å²) in [6.07, 6.45) is 1.04. The number of aromatic hydroxyl groups is 1. The Kier molecular flexibility index (Phi) is 4.02. The maximum atomic E-state index is 11.9. The molecule has 0 saturated carbocycles. The number of hydrogen-bond acceptors (Lipinski definition) is 6. The van der Waals surface area contributed by atoms with Gasteiger partial charge in [-0.25, -0.2) is 4.79 Å². The van der Waals surface area contributed by atoms with E-state index < -0.39 is 11.2 Å². The van der Waals surface area contributed by atoms with Crippen LogP contribution in [0.3, 0.4) is 0 Å². The van der Waals surface area contributed by atoms with E-state index in [1.807, 2.05) is 13.8 Å². The lowest BCUT2D eigenvalue weighted by atomic mass is 10.1. The monoisotopic (exact) mass is 340 g/mol. The van der Waals surface area contributed by atoms with Gasteiger partial charge in [0.25, 0.3) is 5.56 Å². The lowest BCUT2D eigenvalue weighted by Gasteiger charge is -2.14. The Hall–Kier alpha value is -3.55. The number of phenolic OH excluding ortho intramolecular Hbond substituents is 1. The highest BCUT2D eigenvalue weighted by Gasteiger charge is 2.11. The second-order valence-corrected chi connectivity index (χ2v) is 5.58. The molecule has 1 heterocycles. The molecule has 0 fully saturated rings. The molecule has 0 saturated heterocycles. The van der Waals surface area contributed by atoms with Gasteiger partial charge in [0, 0.05) is 6.07 Å². The van der Waals surface area contributed by atoms with Gasteiger partial charge in [-0.3, -0.25) is 9.78 Å². The molecule has 25 heavy (non-hydrogen) atoms. The van der Waals surface area contributed by atoms with E-state index >= 15 is 0 Å². The first-order valence-corrected chi connectivity index (χ1v) is 7.42. The Morgan fingerprint density at radius 3 is 2.44 bits per heavy atom. The fraction of sp³-hybridized carbons (Fsp3) is 0.118. The number of benzene rings is 2. The molecule has 0 aliphatic rings. The van der Waals surface area contributed by atoms with Crippen molar-refractivity contribution in [3.8, 4) is 22.9 Å². The minimum absolute atomic E-state index is 0.0142. The van der Waals surface area contributed by atoms with Gasteiger partial charge in [-0.2, -0.15) is 9.78 Å². The predicted octanol–water partition coefficient (Wildman–Crippen LogP) is 1.62. The third-order valence-corrected chi connectivity index (χ3v) is 3.62. The molecule has 0 amide bonds. The molecule has 0 aliphatic heterocycles. The molecule has 0 aliphatic carbocycles. The number of aromatic nitrogens is 3. The van der Waals surface area contributed by atoms with Crippen molar-refractivity contribution in [2.45, 2.75) is 13.8 Å². The Bertz CT molecular complexity index is 1050. The van der Waals surface area contributed by atoms with Gasteiger partial charge < -0.3 is 15.6 Å². The molecule has 1 aromatic heterocycles. The van der Waals surface area contributed by atoms with E-state index in [2.05, 4.69) is 10.1 Å². The summed E-state index contributed by atoms with van der Waals surface area (Å²) < 4.78 is 6.96. The average Bonchev–Trinajstić information content (AvgIpc) is 2.54. The van der Waals surface area contributed by atoms with Gasteiger partial charge in [0.2, 0.25) is 0 Å². The number of nitrogens with zero attached hydrogens (tertiary/aromatic N) is 2. The van der Waals surface area contributed by atoms with E-state index in [1.54, 1.807) is 18.2 Å². The maximum absolute atomic E-state index is 11.9. The quantitative estimate of drug-likeness (QED) is 0.492. The van der Waals surface area contributed by atoms with Crippen LogP contribution in [0.1, 0.15) is 11.1 Å². The lowest BCUT2D eigenvalue weighted by Crippen LogP contribution is -2.30. The summed E-state index contributed by atoms with van der Waals surface area (Å²) in [5.74, 6) is 1.07. The highest BCUT2D eigenvalue weighted by Crippen LogP contribution is 2.33. The summed E-state index contributed by atoms with van der Waals surface area (Å²) in [6, 6.07) is 8.02. The predicted molar refractivity (Wildman–Crippen MR) is 92.5 cm³/mol. The molecule has 4 N–H and O–H groups in total. The minimum Gasteiger partial charge on any atom is -0.506 e. The average molecular weight is 340 g/mol. The van der Waals surface area contributed by atoms with Crippen LogP contribution in [0.5, 0.6) is 17.2 Å². The molecule has 0 bridgehead atoms. The smallest absolute Gasteiger partial charge is 0.349 e. The first-order valence-electron chi connectivity index (χ1n) is 7.42. The number of nitrogens with two attached hydrogens (primary N) is 1. The third kappa shape index (κ3) is 3.23. The third-order valence-electron chi connectivity index (χ3n) is 3.62. The summed E-state index contributed by atoms with van der Waals surface area (Å²) in [4.78, 5) is 25.2. The normalized spacial score (nSPS) is 10.6. The van der Waals surface area contributed by atoms with Crippen molar-refractivity contribution in [2.75, 3.05) is 5.73 Å². The summed E-state index contributed by atoms with van der Waals surface area (Å²) >= 11 is 0. The number of phenols is 1. The second-order valence-electron chi connectivity index (χ2n) is 5.58. The number of H-pyrrole nitrogens is 1. The topological polar surface area (TPSA) is 123 Å². The molecule has 2 aromatic carbocycles. The largest absolute Gasteiger partial charge is 0.506 e. The number of aromatic amines is 1. The second kappa shape index (κ2) is 6.16. The van der Waals surface area contributed by atoms with Gasteiger partial charge >= 0.3 is 5.69 Å². The molecule has 0 radical (unpaired) electrons. The Morgan fingerprint density at radius 2 is 1.84 bits per heavy atom. The van der Waals surface area contributed by atoms with E-state index in [4.69, 9.17) is 10.5 Å². The lowest BCUT2D eigenvalue weighted by molar-refractivity contribution is 0.463. The molecule has 3 aromatic rings. The molecule has 8 nitrogen and oxygen atoms in total. The van der Waals surface area contributed by atoms with Crippen LogP contribution >= 0.6 is 0 Å². The van der Waals surface area contributed by atoms with Crippen LogP contribution in [-0.4, -0.2) is 19.9 Å². The van der Waals surface area contributed by atoms with Crippen LogP contribution in [0.25, 0.3) is 5.69 Å². The van der Waals surface area contributed by atoms with Crippen LogP contribution in [0, 0.1) is 13.8 Å². The zero-order valence-corrected chi connectivity index (χ0v) is 13.6. The van der Waals surface area contributed by atoms with E-state index in [9.17, 15) is 14.7 Å². The van der Waals surface area contributed by atoms with Crippen LogP contribution < -0.4 is 21.7 Å². The number of ether oxygens (including phenoxy) is 1. The number of rotatable bonds is 3. The Morgan fingerprint density at radius 1 is 1.16 bits per heavy atom. The minimum atomic E-state index is -0.619. The molecule has 8 heteroatoms. The van der Waals surface area contributed by atoms with Crippen molar-refractivity contribution in [1.82, 2.24) is 14.8 Å². The molecule has 0 unspecified atom stereocenters. The summed E-state index contributed by atoms with van der Waals surface area (Å²) in [5, 5.41) is 13.3. The highest BCUT2D eigenvalue weighted by atomic mass is 16.5. The highest BCUT2D eigenvalue weighted by molar-refractivity contribution is 5.57. The van der Waals surface area contributed by atoms with Crippen molar-refractivity contribution in [1.29, 1.82) is 0 Å². The van der Waals surface area contributed by atoms with Crippen LogP contribution in [0.15, 0.2) is 46.1 Å². The zero-order valence-electron chi connectivity index (χ0n) is 13.6. The van der Waals surface area contributed by atoms with Crippen molar-refractivity contribution in [3.63, 3.8) is 0 Å². The number of nitrogens with one attached hydrogen (secondary N) is 1. The summed E-state index contributed by atoms with van der Waals surface area (Å²) in [6.45, 7) is 3.65. The fourth-order valence-corrected chi connectivity index (χ4v) is 2.46. The molecule has 128 valence electrons. The summed E-state index contributed by atoms with van der Waals surface area (Å²) in [7, 11) is 0. The SMILES string of the molecule is Cc1cc(-n2ncc(=O)[nH]c2=O)cc(C)c1Oc1ccc(O)c(N)c1. The Labute approximate surface area is 142 Å². The molecule has 0 atom stereocenters. The van der Waals surface area contributed by atoms with Gasteiger partial charge in [0.1, 0.15) is 23.4 Å². The number of aryl methyl sites for hydroxylation is 2. The van der Waals surface area contributed by atoms with Gasteiger partial charge in [-0.15, -0.1) is 0 Å². The van der Waals surface area contributed by atoms with Crippen molar-refractivity contribution in [2.24, 2.45) is 0 Å². The number of hydrogen-bond donors (Lipinski definition) is 3. The Balaban J connectivity index is 2.01. The molecule has 0 spiro atoms. The van der Waals surface area contributed by atoms with E-state index in [0.29, 0.717) is 17.2 Å². The van der Waals surface area contributed by atoms with Crippen LogP contribution in [0.2, 0.25) is 0 Å². The number of anilines is 1. The van der Waals surface area contributed by atoms with Crippen molar-refractivity contribution >= 4 is 5.69 Å². The van der Waals surface area contributed by atoms with Crippen LogP contribution in [-0.2, 0) is 0 Å². The van der Waals surface area contributed by atoms with Gasteiger partial charge in [-0.1, -0.05) is 0 Å². The maximum Gasteiger partial charge on any atom is 0.349 e. The van der Waals surface area contributed by atoms with E-state index in [0.717, 1.165) is 22.0 Å². The molecular formula is C17H16N4O4. The fourth-order valence-electron chi connectivity index (χ4n) is 2.46. The molecule has 3 rings (SSSR count). The first kappa shape index (κ1) is 16.3. The standard InChI is InChI=1S/C17H16N4O4/c1-9-5-11(21-17(24)20-15(23)8-19-21)6-10(2)16(9)25-12-3-4-14(22)13(18)7-12/h3-8,22H,18H2,1-2H3,(H,20,23,24). The van der Waals surface area contributed by atoms with Gasteiger partial charge in [0.15, 0.2) is 0 Å². The number of nitrogen functional groups attached to an aromatic ring is 1. The van der Waals surface area contributed by atoms with Crippen molar-refractivity contribution < 1.29 is 9.84 Å². The molecular weight excluding hydrogens is 324 g/mol. The first-order chi connectivity index (χ1) is 11.8. The van der Waals surface area contributed by atoms with E-state index in [-0.39, 0.29) is 11.4 Å². The van der Waals surface area contributed by atoms with Gasteiger partial charge in [0.05, 0.1) is 11.4 Å². The summed E-state index contributed by atoms with van der Waals surface area (Å²) in [5.41, 5.74) is 6.75. The zero-order chi connectivity index (χ0) is 18.1. The van der Waals surface area contributed by atoms with Gasteiger partial charge in [-0.05, 0) is 49.2 Å².